The number of fused-ring (bicyclic) bond motifs is 1. The third-order valence-corrected chi connectivity index (χ3v) is 11.1. The summed E-state index contributed by atoms with van der Waals surface area (Å²) < 4.78 is 18.2. The molecule has 7 rings (SSSR count). The van der Waals surface area contributed by atoms with Crippen molar-refractivity contribution in [1.29, 1.82) is 0 Å². The van der Waals surface area contributed by atoms with Gasteiger partial charge >= 0.3 is 6.09 Å². The van der Waals surface area contributed by atoms with Gasteiger partial charge in [0, 0.05) is 63.4 Å². The topological polar surface area (TPSA) is 71.6 Å². The van der Waals surface area contributed by atoms with Gasteiger partial charge in [0.1, 0.15) is 29.8 Å². The molecule has 2 saturated heterocycles. The second-order valence-corrected chi connectivity index (χ2v) is 16.3. The van der Waals surface area contributed by atoms with E-state index in [1.165, 1.54) is 27.9 Å². The number of amides is 2. The van der Waals surface area contributed by atoms with Crippen LogP contribution in [0.15, 0.2) is 84.9 Å². The molecule has 3 aliphatic rings. The lowest BCUT2D eigenvalue weighted by Crippen LogP contribution is -2.41. The van der Waals surface area contributed by atoms with Gasteiger partial charge in [-0.05, 0) is 136 Å². The molecule has 0 radical (unpaired) electrons. The van der Waals surface area contributed by atoms with Gasteiger partial charge in [0.15, 0.2) is 0 Å². The fourth-order valence-corrected chi connectivity index (χ4v) is 7.89. The largest absolute Gasteiger partial charge is 0.490 e. The monoisotopic (exact) mass is 729 g/mol. The Kier molecular flexibility index (Phi) is 11.2. The number of anilines is 1. The Morgan fingerprint density at radius 3 is 2.07 bits per heavy atom. The molecule has 4 aromatic rings. The summed E-state index contributed by atoms with van der Waals surface area (Å²) in [6, 6.07) is 29.5. The number of hydrogen-bond donors (Lipinski definition) is 0. The van der Waals surface area contributed by atoms with Gasteiger partial charge in [-0.25, -0.2) is 4.79 Å². The number of aryl methyl sites for hydroxylation is 2. The van der Waals surface area contributed by atoms with Crippen molar-refractivity contribution >= 4 is 17.7 Å². The van der Waals surface area contributed by atoms with Gasteiger partial charge in [-0.3, -0.25) is 4.79 Å². The van der Waals surface area contributed by atoms with E-state index in [1.807, 2.05) is 73.9 Å². The number of benzene rings is 4. The van der Waals surface area contributed by atoms with Crippen LogP contribution in [0.1, 0.15) is 96.1 Å². The molecule has 54 heavy (non-hydrogen) atoms. The zero-order valence-electron chi connectivity index (χ0n) is 32.6. The lowest BCUT2D eigenvalue weighted by atomic mass is 9.89. The zero-order chi connectivity index (χ0) is 37.8. The SMILES string of the molecule is Cc1ccc(C(=O)N2CCC(Oc3ccc(COc4cc(C)c5c(c4)CCN(c4ccc(C6CCN(C(=O)OC(C)(C)C)CC6)cc4)C5)cc3)CC2)cc1. The first-order valence-corrected chi connectivity index (χ1v) is 19.7. The summed E-state index contributed by atoms with van der Waals surface area (Å²) in [5, 5.41) is 0. The number of carbonyl (C=O) groups is 2. The molecular weight excluding hydrogens is 675 g/mol. The summed E-state index contributed by atoms with van der Waals surface area (Å²) in [6.07, 6.45) is 4.44. The van der Waals surface area contributed by atoms with Crippen molar-refractivity contribution < 1.29 is 23.8 Å². The maximum atomic E-state index is 12.9. The van der Waals surface area contributed by atoms with Gasteiger partial charge in [-0.1, -0.05) is 42.0 Å². The van der Waals surface area contributed by atoms with Crippen LogP contribution >= 0.6 is 0 Å². The number of rotatable bonds is 8. The quantitative estimate of drug-likeness (QED) is 0.180. The van der Waals surface area contributed by atoms with Crippen LogP contribution in [-0.4, -0.2) is 66.2 Å². The van der Waals surface area contributed by atoms with Crippen LogP contribution in [-0.2, 0) is 24.3 Å². The molecule has 0 spiro atoms. The predicted octanol–water partition coefficient (Wildman–Crippen LogP) is 9.24. The summed E-state index contributed by atoms with van der Waals surface area (Å²) in [6.45, 7) is 15.2. The van der Waals surface area contributed by atoms with E-state index in [4.69, 9.17) is 14.2 Å². The molecule has 3 aliphatic heterocycles. The van der Waals surface area contributed by atoms with Crippen molar-refractivity contribution in [3.8, 4) is 11.5 Å². The second-order valence-electron chi connectivity index (χ2n) is 16.3. The highest BCUT2D eigenvalue weighted by Crippen LogP contribution is 2.34. The Labute approximate surface area is 321 Å². The highest BCUT2D eigenvalue weighted by molar-refractivity contribution is 5.94. The first kappa shape index (κ1) is 37.3. The molecule has 0 unspecified atom stereocenters. The fourth-order valence-electron chi connectivity index (χ4n) is 7.89. The van der Waals surface area contributed by atoms with Gasteiger partial charge in [0.25, 0.3) is 5.91 Å². The molecule has 0 bridgehead atoms. The molecule has 0 N–H and O–H groups in total. The first-order chi connectivity index (χ1) is 26.0. The fraction of sp³-hybridized carbons (Fsp3) is 0.435. The van der Waals surface area contributed by atoms with Crippen molar-refractivity contribution in [1.82, 2.24) is 9.80 Å². The molecule has 0 atom stereocenters. The Hall–Kier alpha value is -4.98. The van der Waals surface area contributed by atoms with E-state index in [0.29, 0.717) is 25.6 Å². The minimum absolute atomic E-state index is 0.0997. The van der Waals surface area contributed by atoms with Crippen molar-refractivity contribution in [2.45, 2.75) is 97.5 Å². The highest BCUT2D eigenvalue weighted by atomic mass is 16.6. The van der Waals surface area contributed by atoms with Gasteiger partial charge in [0.05, 0.1) is 0 Å². The number of hydrogen-bond acceptors (Lipinski definition) is 6. The average molecular weight is 730 g/mol. The molecule has 0 aliphatic carbocycles. The maximum absolute atomic E-state index is 12.9. The third kappa shape index (κ3) is 9.20. The van der Waals surface area contributed by atoms with E-state index in [2.05, 4.69) is 60.4 Å². The lowest BCUT2D eigenvalue weighted by molar-refractivity contribution is 0.0204. The average Bonchev–Trinajstić information content (AvgIpc) is 3.17. The molecule has 0 saturated carbocycles. The van der Waals surface area contributed by atoms with Crippen LogP contribution in [0.4, 0.5) is 10.5 Å². The van der Waals surface area contributed by atoms with E-state index in [9.17, 15) is 9.59 Å². The maximum Gasteiger partial charge on any atom is 0.410 e. The van der Waals surface area contributed by atoms with Crippen LogP contribution in [0.5, 0.6) is 11.5 Å². The number of ether oxygens (including phenoxy) is 3. The summed E-state index contributed by atoms with van der Waals surface area (Å²) >= 11 is 0. The van der Waals surface area contributed by atoms with Crippen LogP contribution in [0.2, 0.25) is 0 Å². The zero-order valence-corrected chi connectivity index (χ0v) is 32.6. The Morgan fingerprint density at radius 2 is 1.41 bits per heavy atom. The van der Waals surface area contributed by atoms with E-state index < -0.39 is 5.60 Å². The Balaban J connectivity index is 0.864. The van der Waals surface area contributed by atoms with E-state index in [1.54, 1.807) is 0 Å². The Morgan fingerprint density at radius 1 is 0.741 bits per heavy atom. The molecule has 0 aromatic heterocycles. The Bertz CT molecular complexity index is 1900. The van der Waals surface area contributed by atoms with Crippen molar-refractivity contribution in [3.63, 3.8) is 0 Å². The number of piperidine rings is 2. The molecule has 8 heteroatoms. The van der Waals surface area contributed by atoms with Crippen LogP contribution in [0.3, 0.4) is 0 Å². The second kappa shape index (κ2) is 16.2. The summed E-state index contributed by atoms with van der Waals surface area (Å²) in [4.78, 5) is 31.6. The van der Waals surface area contributed by atoms with E-state index >= 15 is 0 Å². The molecule has 4 aromatic carbocycles. The van der Waals surface area contributed by atoms with Gasteiger partial charge in [0.2, 0.25) is 0 Å². The van der Waals surface area contributed by atoms with E-state index in [0.717, 1.165) is 86.5 Å². The normalized spacial score (nSPS) is 16.9. The molecular formula is C46H55N3O5. The number of nitrogens with zero attached hydrogens (tertiary/aromatic N) is 3. The predicted molar refractivity (Wildman–Crippen MR) is 214 cm³/mol. The van der Waals surface area contributed by atoms with Gasteiger partial charge in [-0.15, -0.1) is 0 Å². The molecule has 3 heterocycles. The molecule has 284 valence electrons. The van der Waals surface area contributed by atoms with E-state index in [-0.39, 0.29) is 18.1 Å². The van der Waals surface area contributed by atoms with Gasteiger partial charge < -0.3 is 28.9 Å². The molecule has 2 fully saturated rings. The van der Waals surface area contributed by atoms with Crippen LogP contribution < -0.4 is 14.4 Å². The summed E-state index contributed by atoms with van der Waals surface area (Å²) in [7, 11) is 0. The lowest BCUT2D eigenvalue weighted by Gasteiger charge is -2.34. The molecule has 2 amide bonds. The summed E-state index contributed by atoms with van der Waals surface area (Å²) in [5.41, 5.74) is 9.15. The molecule has 8 nitrogen and oxygen atoms in total. The van der Waals surface area contributed by atoms with Crippen molar-refractivity contribution in [2.75, 3.05) is 37.6 Å². The standard InChI is InChI=1S/C46H55N3O5/c1-32-6-10-37(11-7-32)44(50)47-26-21-41(22-27-47)53-40-16-8-34(9-17-40)31-52-42-28-33(2)43-30-49(25-20-38(43)29-42)39-14-12-35(13-15-39)36-18-23-48(24-19-36)45(51)54-46(3,4)5/h6-17,28-29,36,41H,18-27,30-31H2,1-5H3. The smallest absolute Gasteiger partial charge is 0.410 e. The number of likely N-dealkylation sites (tertiary alicyclic amines) is 2. The first-order valence-electron chi connectivity index (χ1n) is 19.7. The summed E-state index contributed by atoms with van der Waals surface area (Å²) in [5.74, 6) is 2.33. The van der Waals surface area contributed by atoms with Crippen LogP contribution in [0.25, 0.3) is 0 Å². The minimum Gasteiger partial charge on any atom is -0.490 e. The van der Waals surface area contributed by atoms with Gasteiger partial charge in [-0.2, -0.15) is 0 Å². The van der Waals surface area contributed by atoms with Crippen molar-refractivity contribution in [2.24, 2.45) is 0 Å². The minimum atomic E-state index is -0.466. The van der Waals surface area contributed by atoms with Crippen LogP contribution in [0, 0.1) is 13.8 Å². The third-order valence-electron chi connectivity index (χ3n) is 11.1. The number of carbonyl (C=O) groups excluding carboxylic acids is 2. The van der Waals surface area contributed by atoms with Crippen molar-refractivity contribution in [3.05, 3.63) is 124 Å². The highest BCUT2D eigenvalue weighted by Gasteiger charge is 2.28.